The monoisotopic (exact) mass is 288 g/mol. The number of phenolic OH excluding ortho intramolecular Hbond substituents is 1. The number of rotatable bonds is 0. The summed E-state index contributed by atoms with van der Waals surface area (Å²) >= 11 is 0. The first-order chi connectivity index (χ1) is 10.5. The largest absolute Gasteiger partial charge is 0.507 e. The van der Waals surface area contributed by atoms with E-state index in [0.717, 1.165) is 5.39 Å². The SMILES string of the molecule is Cc1cc2c(O)cc3c(c2c(C)c1C)-c1ccccc1C3C. The van der Waals surface area contributed by atoms with Gasteiger partial charge in [0, 0.05) is 11.3 Å². The van der Waals surface area contributed by atoms with Gasteiger partial charge in [-0.1, -0.05) is 31.2 Å². The van der Waals surface area contributed by atoms with Crippen molar-refractivity contribution in [2.75, 3.05) is 0 Å². The van der Waals surface area contributed by atoms with Gasteiger partial charge in [0.2, 0.25) is 0 Å². The van der Waals surface area contributed by atoms with E-state index in [0.29, 0.717) is 11.7 Å². The molecule has 1 aliphatic carbocycles. The van der Waals surface area contributed by atoms with Crippen molar-refractivity contribution in [2.24, 2.45) is 0 Å². The van der Waals surface area contributed by atoms with Crippen molar-refractivity contribution in [2.45, 2.75) is 33.6 Å². The molecule has 0 aromatic heterocycles. The number of aryl methyl sites for hydroxylation is 2. The number of aromatic hydroxyl groups is 1. The molecule has 1 atom stereocenters. The Balaban J connectivity index is 2.26. The first kappa shape index (κ1) is 13.4. The minimum Gasteiger partial charge on any atom is -0.507 e. The Morgan fingerprint density at radius 1 is 0.909 bits per heavy atom. The molecule has 0 amide bonds. The van der Waals surface area contributed by atoms with Crippen LogP contribution in [-0.4, -0.2) is 5.11 Å². The Morgan fingerprint density at radius 3 is 2.41 bits per heavy atom. The van der Waals surface area contributed by atoms with Crippen LogP contribution in [0.5, 0.6) is 5.75 Å². The molecule has 22 heavy (non-hydrogen) atoms. The fourth-order valence-electron chi connectivity index (χ4n) is 3.95. The minimum absolute atomic E-state index is 0.336. The minimum atomic E-state index is 0.336. The Morgan fingerprint density at radius 2 is 1.64 bits per heavy atom. The maximum absolute atomic E-state index is 10.6. The normalized spacial score (nSPS) is 15.9. The quantitative estimate of drug-likeness (QED) is 0.570. The van der Waals surface area contributed by atoms with Crippen LogP contribution in [0.4, 0.5) is 0 Å². The highest BCUT2D eigenvalue weighted by atomic mass is 16.3. The number of fused-ring (bicyclic) bond motifs is 5. The summed E-state index contributed by atoms with van der Waals surface area (Å²) in [5, 5.41) is 12.8. The first-order valence-corrected chi connectivity index (χ1v) is 7.86. The second-order valence-corrected chi connectivity index (χ2v) is 6.53. The van der Waals surface area contributed by atoms with Crippen LogP contribution >= 0.6 is 0 Å². The van der Waals surface area contributed by atoms with Crippen LogP contribution in [0, 0.1) is 20.8 Å². The van der Waals surface area contributed by atoms with E-state index in [4.69, 9.17) is 0 Å². The molecule has 1 aliphatic rings. The smallest absolute Gasteiger partial charge is 0.123 e. The zero-order valence-electron chi connectivity index (χ0n) is 13.5. The highest BCUT2D eigenvalue weighted by molar-refractivity contribution is 6.06. The summed E-state index contributed by atoms with van der Waals surface area (Å²) in [6.45, 7) is 8.69. The lowest BCUT2D eigenvalue weighted by Gasteiger charge is -2.16. The summed E-state index contributed by atoms with van der Waals surface area (Å²) in [5.74, 6) is 0.738. The topological polar surface area (TPSA) is 20.2 Å². The molecule has 0 saturated carbocycles. The van der Waals surface area contributed by atoms with Crippen LogP contribution in [0.2, 0.25) is 0 Å². The van der Waals surface area contributed by atoms with Gasteiger partial charge in [-0.25, -0.2) is 0 Å². The molecular weight excluding hydrogens is 268 g/mol. The van der Waals surface area contributed by atoms with Crippen LogP contribution < -0.4 is 0 Å². The second kappa shape index (κ2) is 4.36. The summed E-state index contributed by atoms with van der Waals surface area (Å²) in [7, 11) is 0. The molecule has 1 N–H and O–H groups in total. The Labute approximate surface area is 131 Å². The van der Waals surface area contributed by atoms with Gasteiger partial charge in [0.25, 0.3) is 0 Å². The standard InChI is InChI=1S/C21H20O/c1-11-9-18-19(22)10-17-14(4)15-7-5-6-8-16(15)21(17)20(18)13(3)12(11)2/h5-10,14,22H,1-4H3. The fourth-order valence-corrected chi connectivity index (χ4v) is 3.95. The van der Waals surface area contributed by atoms with Gasteiger partial charge in [-0.2, -0.15) is 0 Å². The fraction of sp³-hybridized carbons (Fsp3) is 0.238. The van der Waals surface area contributed by atoms with Gasteiger partial charge in [0.1, 0.15) is 5.75 Å². The molecule has 3 aromatic rings. The zero-order chi connectivity index (χ0) is 15.6. The van der Waals surface area contributed by atoms with Crippen molar-refractivity contribution < 1.29 is 5.11 Å². The Kier molecular flexibility index (Phi) is 2.65. The van der Waals surface area contributed by atoms with E-state index in [-0.39, 0.29) is 0 Å². The van der Waals surface area contributed by atoms with E-state index >= 15 is 0 Å². The lowest BCUT2D eigenvalue weighted by molar-refractivity contribution is 0.481. The first-order valence-electron chi connectivity index (χ1n) is 7.86. The summed E-state index contributed by atoms with van der Waals surface area (Å²) in [4.78, 5) is 0. The molecule has 0 saturated heterocycles. The molecule has 1 heteroatoms. The average molecular weight is 288 g/mol. The molecule has 0 bridgehead atoms. The maximum Gasteiger partial charge on any atom is 0.123 e. The number of hydrogen-bond acceptors (Lipinski definition) is 1. The van der Waals surface area contributed by atoms with E-state index in [1.807, 2.05) is 6.07 Å². The van der Waals surface area contributed by atoms with Gasteiger partial charge in [0.15, 0.2) is 0 Å². The van der Waals surface area contributed by atoms with E-state index in [1.165, 1.54) is 44.3 Å². The summed E-state index contributed by atoms with van der Waals surface area (Å²) < 4.78 is 0. The predicted octanol–water partition coefficient (Wildman–Crippen LogP) is 5.60. The van der Waals surface area contributed by atoms with Crippen LogP contribution in [0.1, 0.15) is 40.7 Å². The summed E-state index contributed by atoms with van der Waals surface area (Å²) in [6, 6.07) is 12.7. The van der Waals surface area contributed by atoms with Gasteiger partial charge in [-0.05, 0) is 77.2 Å². The highest BCUT2D eigenvalue weighted by Gasteiger charge is 2.29. The highest BCUT2D eigenvalue weighted by Crippen LogP contribution is 2.51. The molecule has 1 unspecified atom stereocenters. The van der Waals surface area contributed by atoms with Crippen molar-refractivity contribution >= 4 is 10.8 Å². The third-order valence-electron chi connectivity index (χ3n) is 5.43. The molecule has 0 spiro atoms. The van der Waals surface area contributed by atoms with Crippen LogP contribution in [0.25, 0.3) is 21.9 Å². The van der Waals surface area contributed by atoms with Crippen molar-refractivity contribution in [3.8, 4) is 16.9 Å². The molecule has 110 valence electrons. The van der Waals surface area contributed by atoms with Crippen molar-refractivity contribution in [3.63, 3.8) is 0 Å². The van der Waals surface area contributed by atoms with Crippen LogP contribution in [-0.2, 0) is 0 Å². The predicted molar refractivity (Wildman–Crippen MR) is 92.8 cm³/mol. The maximum atomic E-state index is 10.6. The molecule has 1 nitrogen and oxygen atoms in total. The zero-order valence-corrected chi connectivity index (χ0v) is 13.5. The van der Waals surface area contributed by atoms with E-state index in [2.05, 4.69) is 58.0 Å². The molecule has 0 radical (unpaired) electrons. The van der Waals surface area contributed by atoms with E-state index in [1.54, 1.807) is 0 Å². The van der Waals surface area contributed by atoms with Gasteiger partial charge in [-0.3, -0.25) is 0 Å². The summed E-state index contributed by atoms with van der Waals surface area (Å²) in [6.07, 6.45) is 0. The molecule has 0 aliphatic heterocycles. The van der Waals surface area contributed by atoms with Gasteiger partial charge in [0.05, 0.1) is 0 Å². The second-order valence-electron chi connectivity index (χ2n) is 6.53. The van der Waals surface area contributed by atoms with Crippen molar-refractivity contribution in [3.05, 3.63) is 64.2 Å². The summed E-state index contributed by atoms with van der Waals surface area (Å²) in [5.41, 5.74) is 9.08. The van der Waals surface area contributed by atoms with Crippen molar-refractivity contribution in [1.82, 2.24) is 0 Å². The van der Waals surface area contributed by atoms with Gasteiger partial charge in [-0.15, -0.1) is 0 Å². The number of hydrogen-bond donors (Lipinski definition) is 1. The van der Waals surface area contributed by atoms with Crippen LogP contribution in [0.15, 0.2) is 36.4 Å². The van der Waals surface area contributed by atoms with E-state index < -0.39 is 0 Å². The number of benzene rings is 3. The molecule has 4 rings (SSSR count). The lowest BCUT2D eigenvalue weighted by atomic mass is 9.89. The van der Waals surface area contributed by atoms with Crippen molar-refractivity contribution in [1.29, 1.82) is 0 Å². The van der Waals surface area contributed by atoms with Gasteiger partial charge < -0.3 is 5.11 Å². The molecule has 0 heterocycles. The Hall–Kier alpha value is -2.28. The van der Waals surface area contributed by atoms with E-state index in [9.17, 15) is 5.11 Å². The molecular formula is C21H20O. The van der Waals surface area contributed by atoms with Gasteiger partial charge >= 0.3 is 0 Å². The average Bonchev–Trinajstić information content (AvgIpc) is 2.79. The van der Waals surface area contributed by atoms with Crippen LogP contribution in [0.3, 0.4) is 0 Å². The molecule has 3 aromatic carbocycles. The number of phenols is 1. The third kappa shape index (κ3) is 1.54. The lowest BCUT2D eigenvalue weighted by Crippen LogP contribution is -1.94. The third-order valence-corrected chi connectivity index (χ3v) is 5.43. The molecule has 0 fully saturated rings. The Bertz CT molecular complexity index is 935.